The summed E-state index contributed by atoms with van der Waals surface area (Å²) in [7, 11) is -2.87. The zero-order valence-electron chi connectivity index (χ0n) is 19.2. The van der Waals surface area contributed by atoms with Gasteiger partial charge in [0.1, 0.15) is 0 Å². The van der Waals surface area contributed by atoms with Crippen LogP contribution in [0.5, 0.6) is 0 Å². The Hall–Kier alpha value is -2.01. The highest BCUT2D eigenvalue weighted by Crippen LogP contribution is 2.21. The number of para-hydroxylation sites is 1. The van der Waals surface area contributed by atoms with Gasteiger partial charge >= 0.3 is 0 Å². The van der Waals surface area contributed by atoms with Crippen LogP contribution in [0, 0.1) is 0 Å². The van der Waals surface area contributed by atoms with Gasteiger partial charge in [0.05, 0.1) is 11.0 Å². The summed E-state index contributed by atoms with van der Waals surface area (Å²) in [4.78, 5) is 4.94. The molecule has 0 spiro atoms. The van der Waals surface area contributed by atoms with E-state index < -0.39 is 9.84 Å². The molecular formula is C26H38N2O2S. The van der Waals surface area contributed by atoms with Crippen LogP contribution >= 0.6 is 0 Å². The van der Waals surface area contributed by atoms with Crippen LogP contribution in [-0.2, 0) is 16.3 Å². The Labute approximate surface area is 189 Å². The van der Waals surface area contributed by atoms with Gasteiger partial charge in [-0.1, -0.05) is 49.6 Å². The summed E-state index contributed by atoms with van der Waals surface area (Å²) in [6.45, 7) is 7.77. The predicted molar refractivity (Wildman–Crippen MR) is 133 cm³/mol. The SMILES string of the molecule is CC(C)S(=O)(=O)CCCCCCCc1ccc(N2CCN(c3ccccc3)CC2)cc1. The molecule has 0 bridgehead atoms. The van der Waals surface area contributed by atoms with Gasteiger partial charge in [0.25, 0.3) is 0 Å². The first-order valence-electron chi connectivity index (χ1n) is 11.8. The van der Waals surface area contributed by atoms with E-state index in [2.05, 4.69) is 64.4 Å². The minimum atomic E-state index is -2.87. The van der Waals surface area contributed by atoms with Crippen molar-refractivity contribution in [2.45, 2.75) is 57.6 Å². The molecule has 2 aromatic carbocycles. The maximum atomic E-state index is 11.8. The van der Waals surface area contributed by atoms with Crippen molar-refractivity contribution < 1.29 is 8.42 Å². The van der Waals surface area contributed by atoms with Gasteiger partial charge in [-0.3, -0.25) is 0 Å². The Morgan fingerprint density at radius 2 is 1.23 bits per heavy atom. The number of aryl methyl sites for hydroxylation is 1. The molecule has 0 saturated carbocycles. The second kappa shape index (κ2) is 11.6. The average Bonchev–Trinajstić information content (AvgIpc) is 2.79. The second-order valence-corrected chi connectivity index (χ2v) is 11.6. The number of benzene rings is 2. The van der Waals surface area contributed by atoms with E-state index in [1.165, 1.54) is 29.8 Å². The molecule has 170 valence electrons. The van der Waals surface area contributed by atoms with Crippen molar-refractivity contribution in [1.29, 1.82) is 0 Å². The zero-order chi connectivity index (χ0) is 22.1. The molecule has 1 aliphatic rings. The van der Waals surface area contributed by atoms with Crippen molar-refractivity contribution in [3.63, 3.8) is 0 Å². The first kappa shape index (κ1) is 23.6. The Morgan fingerprint density at radius 3 is 1.81 bits per heavy atom. The number of hydrogen-bond donors (Lipinski definition) is 0. The van der Waals surface area contributed by atoms with Gasteiger partial charge in [-0.25, -0.2) is 8.42 Å². The Balaban J connectivity index is 1.33. The first-order valence-corrected chi connectivity index (χ1v) is 13.5. The van der Waals surface area contributed by atoms with Gasteiger partial charge in [-0.15, -0.1) is 0 Å². The molecular weight excluding hydrogens is 404 g/mol. The van der Waals surface area contributed by atoms with E-state index in [1.807, 2.05) is 0 Å². The van der Waals surface area contributed by atoms with Gasteiger partial charge in [-0.05, 0) is 62.9 Å². The Morgan fingerprint density at radius 1 is 0.710 bits per heavy atom. The third-order valence-electron chi connectivity index (χ3n) is 6.32. The number of sulfone groups is 1. The van der Waals surface area contributed by atoms with Crippen LogP contribution in [0.1, 0.15) is 51.5 Å². The molecule has 0 unspecified atom stereocenters. The lowest BCUT2D eigenvalue weighted by Gasteiger charge is -2.37. The van der Waals surface area contributed by atoms with E-state index in [9.17, 15) is 8.42 Å². The first-order chi connectivity index (χ1) is 15.0. The molecule has 3 rings (SSSR count). The van der Waals surface area contributed by atoms with Crippen LogP contribution in [0.25, 0.3) is 0 Å². The highest BCUT2D eigenvalue weighted by Gasteiger charge is 2.17. The molecule has 5 heteroatoms. The lowest BCUT2D eigenvalue weighted by molar-refractivity contribution is 0.577. The summed E-state index contributed by atoms with van der Waals surface area (Å²) >= 11 is 0. The van der Waals surface area contributed by atoms with Crippen molar-refractivity contribution in [2.24, 2.45) is 0 Å². The molecule has 0 aliphatic carbocycles. The molecule has 4 nitrogen and oxygen atoms in total. The third-order valence-corrected chi connectivity index (χ3v) is 8.61. The lowest BCUT2D eigenvalue weighted by atomic mass is 10.0. The van der Waals surface area contributed by atoms with Crippen LogP contribution in [0.3, 0.4) is 0 Å². The van der Waals surface area contributed by atoms with E-state index in [0.29, 0.717) is 5.75 Å². The van der Waals surface area contributed by atoms with E-state index in [4.69, 9.17) is 0 Å². The van der Waals surface area contributed by atoms with Crippen LogP contribution in [0.2, 0.25) is 0 Å². The number of unbranched alkanes of at least 4 members (excludes halogenated alkanes) is 4. The Bertz CT molecular complexity index is 871. The van der Waals surface area contributed by atoms with Gasteiger partial charge in [0.2, 0.25) is 0 Å². The highest BCUT2D eigenvalue weighted by atomic mass is 32.2. The quantitative estimate of drug-likeness (QED) is 0.441. The molecule has 1 aliphatic heterocycles. The van der Waals surface area contributed by atoms with Crippen LogP contribution < -0.4 is 9.80 Å². The summed E-state index contributed by atoms with van der Waals surface area (Å²) in [6, 6.07) is 19.8. The molecule has 31 heavy (non-hydrogen) atoms. The summed E-state index contributed by atoms with van der Waals surface area (Å²) in [6.07, 6.45) is 6.38. The summed E-state index contributed by atoms with van der Waals surface area (Å²) < 4.78 is 23.6. The fraction of sp³-hybridized carbons (Fsp3) is 0.538. The van der Waals surface area contributed by atoms with Crippen molar-refractivity contribution in [3.05, 3.63) is 60.2 Å². The summed E-state index contributed by atoms with van der Waals surface area (Å²) in [5.41, 5.74) is 4.04. The standard InChI is InChI=1S/C26H38N2O2S/c1-23(2)31(29,30)22-10-5-3-4-7-11-24-14-16-26(17-15-24)28-20-18-27(19-21-28)25-12-8-6-9-13-25/h6,8-9,12-17,23H,3-5,7,10-11,18-22H2,1-2H3. The smallest absolute Gasteiger partial charge is 0.152 e. The molecule has 0 N–H and O–H groups in total. The van der Waals surface area contributed by atoms with Gasteiger partial charge in [0, 0.05) is 37.6 Å². The number of piperazine rings is 1. The zero-order valence-corrected chi connectivity index (χ0v) is 20.0. The van der Waals surface area contributed by atoms with Crippen molar-refractivity contribution >= 4 is 21.2 Å². The van der Waals surface area contributed by atoms with E-state index in [1.54, 1.807) is 13.8 Å². The average molecular weight is 443 g/mol. The molecule has 0 radical (unpaired) electrons. The maximum absolute atomic E-state index is 11.8. The van der Waals surface area contributed by atoms with E-state index in [0.717, 1.165) is 51.9 Å². The van der Waals surface area contributed by atoms with E-state index in [-0.39, 0.29) is 5.25 Å². The molecule has 2 aromatic rings. The van der Waals surface area contributed by atoms with Gasteiger partial charge < -0.3 is 9.80 Å². The van der Waals surface area contributed by atoms with Crippen molar-refractivity contribution in [1.82, 2.24) is 0 Å². The fourth-order valence-electron chi connectivity index (χ4n) is 4.13. The number of nitrogens with zero attached hydrogens (tertiary/aromatic N) is 2. The van der Waals surface area contributed by atoms with Crippen LogP contribution in [0.15, 0.2) is 54.6 Å². The molecule has 0 atom stereocenters. The van der Waals surface area contributed by atoms with Crippen LogP contribution in [-0.4, -0.2) is 45.6 Å². The largest absolute Gasteiger partial charge is 0.368 e. The molecule has 1 fully saturated rings. The minimum absolute atomic E-state index is 0.247. The molecule has 1 heterocycles. The minimum Gasteiger partial charge on any atom is -0.368 e. The molecule has 0 aromatic heterocycles. The molecule has 1 saturated heterocycles. The van der Waals surface area contributed by atoms with Crippen molar-refractivity contribution in [3.8, 4) is 0 Å². The monoisotopic (exact) mass is 442 g/mol. The normalized spacial score (nSPS) is 14.9. The fourth-order valence-corrected chi connectivity index (χ4v) is 5.21. The van der Waals surface area contributed by atoms with Crippen LogP contribution in [0.4, 0.5) is 11.4 Å². The van der Waals surface area contributed by atoms with Gasteiger partial charge in [-0.2, -0.15) is 0 Å². The molecule has 0 amide bonds. The maximum Gasteiger partial charge on any atom is 0.152 e. The Kier molecular flexibility index (Phi) is 8.82. The predicted octanol–water partition coefficient (Wildman–Crippen LogP) is 5.33. The lowest BCUT2D eigenvalue weighted by Crippen LogP contribution is -2.46. The van der Waals surface area contributed by atoms with Crippen molar-refractivity contribution in [2.75, 3.05) is 41.7 Å². The number of anilines is 2. The van der Waals surface area contributed by atoms with E-state index >= 15 is 0 Å². The second-order valence-electron chi connectivity index (χ2n) is 8.91. The third kappa shape index (κ3) is 7.27. The van der Waals surface area contributed by atoms with Gasteiger partial charge in [0.15, 0.2) is 9.84 Å². The number of rotatable bonds is 11. The summed E-state index contributed by atoms with van der Waals surface area (Å²) in [5.74, 6) is 0.339. The topological polar surface area (TPSA) is 40.6 Å². The highest BCUT2D eigenvalue weighted by molar-refractivity contribution is 7.91. The summed E-state index contributed by atoms with van der Waals surface area (Å²) in [5, 5.41) is -0.247. The number of hydrogen-bond acceptors (Lipinski definition) is 4.